The van der Waals surface area contributed by atoms with Crippen molar-refractivity contribution in [3.8, 4) is 0 Å². The molecule has 0 aliphatic carbocycles. The fraction of sp³-hybridized carbons (Fsp3) is 0.200. The maximum absolute atomic E-state index is 12.5. The van der Waals surface area contributed by atoms with Crippen LogP contribution in [0.25, 0.3) is 11.0 Å². The smallest absolute Gasteiger partial charge is 0.337 e. The number of alkyl halides is 2. The second kappa shape index (κ2) is 4.40. The highest BCUT2D eigenvalue weighted by molar-refractivity contribution is 9.10. The first-order valence-corrected chi connectivity index (χ1v) is 5.38. The molecule has 4 nitrogen and oxygen atoms in total. The Morgan fingerprint density at radius 2 is 2.24 bits per heavy atom. The largest absolute Gasteiger partial charge is 0.465 e. The molecule has 1 N–H and O–H groups in total. The highest BCUT2D eigenvalue weighted by Gasteiger charge is 2.16. The number of methoxy groups -OCH3 is 1. The van der Waals surface area contributed by atoms with Crippen LogP contribution in [0.2, 0.25) is 0 Å². The number of carbonyl (C=O) groups excluding carboxylic acids is 1. The van der Waals surface area contributed by atoms with Crippen LogP contribution in [0, 0.1) is 0 Å². The summed E-state index contributed by atoms with van der Waals surface area (Å²) in [6.07, 6.45) is -2.68. The second-order valence-electron chi connectivity index (χ2n) is 3.27. The van der Waals surface area contributed by atoms with Crippen molar-refractivity contribution in [2.75, 3.05) is 7.11 Å². The third-order valence-electron chi connectivity index (χ3n) is 2.19. The monoisotopic (exact) mass is 304 g/mol. The van der Waals surface area contributed by atoms with Gasteiger partial charge < -0.3 is 9.72 Å². The molecule has 1 aromatic carbocycles. The number of nitrogens with zero attached hydrogens (tertiary/aromatic N) is 1. The van der Waals surface area contributed by atoms with Gasteiger partial charge in [-0.1, -0.05) is 0 Å². The molecule has 0 amide bonds. The van der Waals surface area contributed by atoms with Gasteiger partial charge in [-0.15, -0.1) is 0 Å². The van der Waals surface area contributed by atoms with E-state index in [9.17, 15) is 13.6 Å². The molecule has 0 saturated heterocycles. The zero-order chi connectivity index (χ0) is 12.6. The minimum atomic E-state index is -2.68. The summed E-state index contributed by atoms with van der Waals surface area (Å²) in [5.74, 6) is -0.969. The molecule has 0 bridgehead atoms. The van der Waals surface area contributed by atoms with E-state index in [1.54, 1.807) is 0 Å². The lowest BCUT2D eigenvalue weighted by molar-refractivity contribution is 0.0601. The van der Waals surface area contributed by atoms with E-state index in [0.29, 0.717) is 15.5 Å². The quantitative estimate of drug-likeness (QED) is 0.868. The van der Waals surface area contributed by atoms with Crippen molar-refractivity contribution in [1.82, 2.24) is 9.97 Å². The molecule has 0 aliphatic rings. The Labute approximate surface area is 103 Å². The van der Waals surface area contributed by atoms with Gasteiger partial charge in [0.15, 0.2) is 5.82 Å². The Bertz CT molecular complexity index is 583. The predicted octanol–water partition coefficient (Wildman–Crippen LogP) is 3.05. The van der Waals surface area contributed by atoms with Crippen LogP contribution in [-0.4, -0.2) is 23.0 Å². The number of rotatable bonds is 2. The van der Waals surface area contributed by atoms with Gasteiger partial charge in [-0.25, -0.2) is 18.6 Å². The first-order chi connectivity index (χ1) is 8.02. The van der Waals surface area contributed by atoms with Gasteiger partial charge >= 0.3 is 5.97 Å². The molecular formula is C10H7BrF2N2O2. The summed E-state index contributed by atoms with van der Waals surface area (Å²) in [5, 5.41) is 0. The fourth-order valence-electron chi connectivity index (χ4n) is 1.43. The number of aromatic amines is 1. The lowest BCUT2D eigenvalue weighted by Crippen LogP contribution is -2.00. The number of halogens is 3. The molecule has 1 aromatic heterocycles. The number of carbonyl (C=O) groups is 1. The first-order valence-electron chi connectivity index (χ1n) is 4.58. The molecule has 2 aromatic rings. The molecule has 1 heterocycles. The zero-order valence-electron chi connectivity index (χ0n) is 8.63. The van der Waals surface area contributed by atoms with Gasteiger partial charge in [0.1, 0.15) is 5.52 Å². The molecule has 0 atom stereocenters. The normalized spacial score (nSPS) is 11.1. The third kappa shape index (κ3) is 2.14. The fourth-order valence-corrected chi connectivity index (χ4v) is 1.98. The summed E-state index contributed by atoms with van der Waals surface area (Å²) in [5.41, 5.74) is 0.972. The average Bonchev–Trinajstić information content (AvgIpc) is 2.72. The Morgan fingerprint density at radius 3 is 2.82 bits per heavy atom. The molecule has 0 unspecified atom stereocenters. The maximum Gasteiger partial charge on any atom is 0.337 e. The summed E-state index contributed by atoms with van der Waals surface area (Å²) < 4.78 is 29.9. The summed E-state index contributed by atoms with van der Waals surface area (Å²) in [7, 11) is 1.25. The molecule has 0 saturated carbocycles. The van der Waals surface area contributed by atoms with Crippen LogP contribution in [0.15, 0.2) is 16.6 Å². The second-order valence-corrected chi connectivity index (χ2v) is 4.12. The predicted molar refractivity (Wildman–Crippen MR) is 60.1 cm³/mol. The van der Waals surface area contributed by atoms with Gasteiger partial charge in [0.05, 0.1) is 18.2 Å². The summed E-state index contributed by atoms with van der Waals surface area (Å²) in [6.45, 7) is 0. The first kappa shape index (κ1) is 12.0. The number of ether oxygens (including phenoxy) is 1. The molecule has 90 valence electrons. The highest BCUT2D eigenvalue weighted by Crippen LogP contribution is 2.27. The van der Waals surface area contributed by atoms with E-state index in [1.807, 2.05) is 0 Å². The van der Waals surface area contributed by atoms with Crippen molar-refractivity contribution < 1.29 is 18.3 Å². The number of fused-ring (bicyclic) bond motifs is 1. The molecule has 0 fully saturated rings. The number of hydrogen-bond acceptors (Lipinski definition) is 3. The third-order valence-corrected chi connectivity index (χ3v) is 2.79. The van der Waals surface area contributed by atoms with Crippen LogP contribution in [0.1, 0.15) is 22.6 Å². The number of benzene rings is 1. The van der Waals surface area contributed by atoms with Crippen LogP contribution in [0.4, 0.5) is 8.78 Å². The molecule has 17 heavy (non-hydrogen) atoms. The Morgan fingerprint density at radius 1 is 1.53 bits per heavy atom. The highest BCUT2D eigenvalue weighted by atomic mass is 79.9. The van der Waals surface area contributed by atoms with Gasteiger partial charge in [-0.2, -0.15) is 0 Å². The van der Waals surface area contributed by atoms with Crippen LogP contribution >= 0.6 is 15.9 Å². The van der Waals surface area contributed by atoms with Crippen molar-refractivity contribution in [1.29, 1.82) is 0 Å². The SMILES string of the molecule is COC(=O)c1cc(Br)c2nc(C(F)F)[nH]c2c1. The molecule has 2 rings (SSSR count). The lowest BCUT2D eigenvalue weighted by atomic mass is 10.2. The van der Waals surface area contributed by atoms with Gasteiger partial charge in [0.2, 0.25) is 0 Å². The topological polar surface area (TPSA) is 55.0 Å². The van der Waals surface area contributed by atoms with Crippen LogP contribution in [-0.2, 0) is 4.74 Å². The number of nitrogens with one attached hydrogen (secondary N) is 1. The van der Waals surface area contributed by atoms with Crippen molar-refractivity contribution >= 4 is 32.9 Å². The van der Waals surface area contributed by atoms with E-state index in [4.69, 9.17) is 0 Å². The van der Waals surface area contributed by atoms with E-state index in [1.165, 1.54) is 19.2 Å². The van der Waals surface area contributed by atoms with E-state index in [-0.39, 0.29) is 5.56 Å². The van der Waals surface area contributed by atoms with Gasteiger partial charge in [-0.05, 0) is 28.1 Å². The lowest BCUT2D eigenvalue weighted by Gasteiger charge is -2.00. The molecule has 0 spiro atoms. The summed E-state index contributed by atoms with van der Waals surface area (Å²) in [6, 6.07) is 2.90. The maximum atomic E-state index is 12.5. The number of aromatic nitrogens is 2. The van der Waals surface area contributed by atoms with E-state index in [0.717, 1.165) is 0 Å². The summed E-state index contributed by atoms with van der Waals surface area (Å²) in [4.78, 5) is 17.5. The number of imidazole rings is 1. The molecular weight excluding hydrogens is 298 g/mol. The van der Waals surface area contributed by atoms with Crippen molar-refractivity contribution in [2.24, 2.45) is 0 Å². The Balaban J connectivity index is 2.61. The molecule has 0 aliphatic heterocycles. The number of hydrogen-bond donors (Lipinski definition) is 1. The van der Waals surface area contributed by atoms with Gasteiger partial charge in [-0.3, -0.25) is 0 Å². The van der Waals surface area contributed by atoms with Crippen LogP contribution < -0.4 is 0 Å². The zero-order valence-corrected chi connectivity index (χ0v) is 10.2. The molecule has 7 heteroatoms. The number of esters is 1. The molecule has 0 radical (unpaired) electrons. The standard InChI is InChI=1S/C10H7BrF2N2O2/c1-17-10(16)4-2-5(11)7-6(3-4)14-9(15-7)8(12)13/h2-3,8H,1H3,(H,14,15). The minimum absolute atomic E-state index is 0.261. The average molecular weight is 305 g/mol. The van der Waals surface area contributed by atoms with Crippen molar-refractivity contribution in [3.63, 3.8) is 0 Å². The number of H-pyrrole nitrogens is 1. The summed E-state index contributed by atoms with van der Waals surface area (Å²) >= 11 is 3.17. The Hall–Kier alpha value is -1.50. The van der Waals surface area contributed by atoms with Gasteiger partial charge in [0.25, 0.3) is 6.43 Å². The van der Waals surface area contributed by atoms with E-state index in [2.05, 4.69) is 30.6 Å². The van der Waals surface area contributed by atoms with Crippen molar-refractivity contribution in [3.05, 3.63) is 28.0 Å². The van der Waals surface area contributed by atoms with E-state index < -0.39 is 18.2 Å². The van der Waals surface area contributed by atoms with E-state index >= 15 is 0 Å². The van der Waals surface area contributed by atoms with Gasteiger partial charge in [0, 0.05) is 4.47 Å². The minimum Gasteiger partial charge on any atom is -0.465 e. The van der Waals surface area contributed by atoms with Crippen molar-refractivity contribution in [2.45, 2.75) is 6.43 Å². The Kier molecular flexibility index (Phi) is 3.10. The van der Waals surface area contributed by atoms with Crippen LogP contribution in [0.5, 0.6) is 0 Å². The van der Waals surface area contributed by atoms with Crippen LogP contribution in [0.3, 0.4) is 0 Å².